The van der Waals surface area contributed by atoms with Gasteiger partial charge in [0.2, 0.25) is 0 Å². The number of carbonyl (C=O) groups is 2. The first-order valence-corrected chi connectivity index (χ1v) is 6.51. The van der Waals surface area contributed by atoms with Crippen LogP contribution in [0.25, 0.3) is 0 Å². The molecule has 0 aliphatic carbocycles. The van der Waals surface area contributed by atoms with Gasteiger partial charge in [-0.05, 0) is 18.2 Å². The molecule has 0 aromatic heterocycles. The molecule has 0 saturated heterocycles. The first kappa shape index (κ1) is 16.0. The topological polar surface area (TPSA) is 111 Å². The van der Waals surface area contributed by atoms with E-state index < -0.39 is 16.7 Å². The fourth-order valence-corrected chi connectivity index (χ4v) is 1.79. The van der Waals surface area contributed by atoms with Gasteiger partial charge in [-0.25, -0.2) is 0 Å². The van der Waals surface area contributed by atoms with Gasteiger partial charge < -0.3 is 15.4 Å². The Morgan fingerprint density at radius 1 is 1.04 bits per heavy atom. The third-order valence-electron chi connectivity index (χ3n) is 2.88. The highest BCUT2D eigenvalue weighted by Gasteiger charge is 2.18. The van der Waals surface area contributed by atoms with Crippen LogP contribution in [-0.2, 0) is 9.59 Å². The number of rotatable bonds is 4. The number of carbonyl (C=O) groups excluding carboxylic acids is 2. The number of hydrogen-bond donors (Lipinski definition) is 2. The van der Waals surface area contributed by atoms with Gasteiger partial charge in [0.1, 0.15) is 5.75 Å². The van der Waals surface area contributed by atoms with Crippen molar-refractivity contribution in [3.8, 4) is 5.75 Å². The van der Waals surface area contributed by atoms with E-state index in [2.05, 4.69) is 10.6 Å². The van der Waals surface area contributed by atoms with E-state index in [1.807, 2.05) is 0 Å². The van der Waals surface area contributed by atoms with E-state index in [0.29, 0.717) is 5.69 Å². The number of nitro benzene ring substituents is 1. The van der Waals surface area contributed by atoms with Crippen molar-refractivity contribution in [3.63, 3.8) is 0 Å². The molecule has 118 valence electrons. The molecule has 2 rings (SSSR count). The third-order valence-corrected chi connectivity index (χ3v) is 2.88. The number of benzene rings is 2. The third kappa shape index (κ3) is 4.03. The lowest BCUT2D eigenvalue weighted by Crippen LogP contribution is -2.29. The molecule has 0 unspecified atom stereocenters. The molecular weight excluding hydrogens is 302 g/mol. The average Bonchev–Trinajstić information content (AvgIpc) is 2.55. The molecule has 2 amide bonds. The number of nitrogens with one attached hydrogen (secondary N) is 2. The van der Waals surface area contributed by atoms with Crippen LogP contribution in [0.3, 0.4) is 0 Å². The lowest BCUT2D eigenvalue weighted by molar-refractivity contribution is -0.384. The van der Waals surface area contributed by atoms with E-state index in [-0.39, 0.29) is 17.1 Å². The highest BCUT2D eigenvalue weighted by molar-refractivity contribution is 6.43. The van der Waals surface area contributed by atoms with Crippen molar-refractivity contribution in [2.75, 3.05) is 17.7 Å². The van der Waals surface area contributed by atoms with Gasteiger partial charge in [-0.1, -0.05) is 18.2 Å². The summed E-state index contributed by atoms with van der Waals surface area (Å²) in [6.07, 6.45) is 0. The molecule has 23 heavy (non-hydrogen) atoms. The minimum Gasteiger partial charge on any atom is -0.494 e. The molecule has 0 aliphatic rings. The van der Waals surface area contributed by atoms with Gasteiger partial charge in [0.15, 0.2) is 0 Å². The second-order valence-electron chi connectivity index (χ2n) is 4.42. The highest BCUT2D eigenvalue weighted by Crippen LogP contribution is 2.28. The van der Waals surface area contributed by atoms with Gasteiger partial charge in [-0.2, -0.15) is 0 Å². The molecule has 0 heterocycles. The quantitative estimate of drug-likeness (QED) is 0.510. The molecule has 0 atom stereocenters. The molecule has 0 saturated carbocycles. The van der Waals surface area contributed by atoms with Crippen molar-refractivity contribution in [3.05, 3.63) is 58.6 Å². The van der Waals surface area contributed by atoms with Gasteiger partial charge in [-0.3, -0.25) is 19.7 Å². The SMILES string of the molecule is COc1cc([N+](=O)[O-])ccc1NC(=O)C(=O)Nc1ccccc1. The van der Waals surface area contributed by atoms with E-state index in [9.17, 15) is 19.7 Å². The first-order valence-electron chi connectivity index (χ1n) is 6.51. The molecule has 0 spiro atoms. The maximum atomic E-state index is 11.9. The Morgan fingerprint density at radius 3 is 2.30 bits per heavy atom. The maximum Gasteiger partial charge on any atom is 0.314 e. The molecule has 2 aromatic carbocycles. The predicted molar refractivity (Wildman–Crippen MR) is 83.3 cm³/mol. The van der Waals surface area contributed by atoms with Crippen LogP contribution in [-0.4, -0.2) is 23.8 Å². The largest absolute Gasteiger partial charge is 0.494 e. The van der Waals surface area contributed by atoms with Crippen molar-refractivity contribution in [1.82, 2.24) is 0 Å². The Balaban J connectivity index is 2.10. The maximum absolute atomic E-state index is 11.9. The van der Waals surface area contributed by atoms with E-state index in [1.165, 1.54) is 19.2 Å². The predicted octanol–water partition coefficient (Wildman–Crippen LogP) is 2.18. The Kier molecular flexibility index (Phi) is 4.88. The lowest BCUT2D eigenvalue weighted by Gasteiger charge is -2.10. The fraction of sp³-hybridized carbons (Fsp3) is 0.0667. The number of amides is 2. The van der Waals surface area contributed by atoms with Crippen LogP contribution < -0.4 is 15.4 Å². The average molecular weight is 315 g/mol. The second-order valence-corrected chi connectivity index (χ2v) is 4.42. The van der Waals surface area contributed by atoms with E-state index in [4.69, 9.17) is 4.74 Å². The van der Waals surface area contributed by atoms with E-state index in [0.717, 1.165) is 6.07 Å². The monoisotopic (exact) mass is 315 g/mol. The number of nitrogens with zero attached hydrogens (tertiary/aromatic N) is 1. The number of methoxy groups -OCH3 is 1. The summed E-state index contributed by atoms with van der Waals surface area (Å²) in [6, 6.07) is 12.1. The fourth-order valence-electron chi connectivity index (χ4n) is 1.79. The first-order chi connectivity index (χ1) is 11.0. The summed E-state index contributed by atoms with van der Waals surface area (Å²) in [5, 5.41) is 15.5. The normalized spacial score (nSPS) is 9.78. The van der Waals surface area contributed by atoms with Crippen LogP contribution in [0.4, 0.5) is 17.1 Å². The van der Waals surface area contributed by atoms with Crippen molar-refractivity contribution < 1.29 is 19.2 Å². The number of nitro groups is 1. The van der Waals surface area contributed by atoms with Gasteiger partial charge in [-0.15, -0.1) is 0 Å². The number of para-hydroxylation sites is 1. The molecule has 0 radical (unpaired) electrons. The summed E-state index contributed by atoms with van der Waals surface area (Å²) in [6.45, 7) is 0. The summed E-state index contributed by atoms with van der Waals surface area (Å²) < 4.78 is 4.98. The molecule has 2 aromatic rings. The van der Waals surface area contributed by atoms with Crippen LogP contribution in [0.5, 0.6) is 5.75 Å². The number of non-ortho nitro benzene ring substituents is 1. The van der Waals surface area contributed by atoms with Gasteiger partial charge in [0.25, 0.3) is 5.69 Å². The molecule has 8 nitrogen and oxygen atoms in total. The van der Waals surface area contributed by atoms with Crippen molar-refractivity contribution in [2.24, 2.45) is 0 Å². The van der Waals surface area contributed by atoms with Crippen molar-refractivity contribution in [2.45, 2.75) is 0 Å². The van der Waals surface area contributed by atoms with Crippen LogP contribution in [0.1, 0.15) is 0 Å². The summed E-state index contributed by atoms with van der Waals surface area (Å²) >= 11 is 0. The van der Waals surface area contributed by atoms with Crippen LogP contribution in [0.15, 0.2) is 48.5 Å². The van der Waals surface area contributed by atoms with Crippen molar-refractivity contribution >= 4 is 28.9 Å². The Labute approximate surface area is 131 Å². The standard InChI is InChI=1S/C15H13N3O5/c1-23-13-9-11(18(21)22)7-8-12(13)17-15(20)14(19)16-10-5-3-2-4-6-10/h2-9H,1H3,(H,16,19)(H,17,20). The van der Waals surface area contributed by atoms with Crippen LogP contribution >= 0.6 is 0 Å². The Hall–Kier alpha value is -3.42. The number of anilines is 2. The highest BCUT2D eigenvalue weighted by atomic mass is 16.6. The molecular formula is C15H13N3O5. The number of ether oxygens (including phenoxy) is 1. The summed E-state index contributed by atoms with van der Waals surface area (Å²) in [5.41, 5.74) is 0.447. The molecule has 0 bridgehead atoms. The molecule has 8 heteroatoms. The molecule has 2 N–H and O–H groups in total. The van der Waals surface area contributed by atoms with Gasteiger partial charge in [0.05, 0.1) is 23.8 Å². The molecule has 0 aliphatic heterocycles. The van der Waals surface area contributed by atoms with E-state index >= 15 is 0 Å². The Morgan fingerprint density at radius 2 is 1.70 bits per heavy atom. The summed E-state index contributed by atoms with van der Waals surface area (Å²) in [5.74, 6) is -1.70. The zero-order valence-electron chi connectivity index (χ0n) is 12.1. The van der Waals surface area contributed by atoms with Crippen LogP contribution in [0.2, 0.25) is 0 Å². The smallest absolute Gasteiger partial charge is 0.314 e. The van der Waals surface area contributed by atoms with Gasteiger partial charge in [0, 0.05) is 11.8 Å². The lowest BCUT2D eigenvalue weighted by atomic mass is 10.2. The summed E-state index contributed by atoms with van der Waals surface area (Å²) in [4.78, 5) is 33.8. The zero-order valence-corrected chi connectivity index (χ0v) is 12.1. The van der Waals surface area contributed by atoms with Crippen LogP contribution in [0, 0.1) is 10.1 Å². The minimum atomic E-state index is -0.916. The summed E-state index contributed by atoms with van der Waals surface area (Å²) in [7, 11) is 1.30. The zero-order chi connectivity index (χ0) is 16.8. The Bertz CT molecular complexity index is 746. The molecule has 0 fully saturated rings. The second kappa shape index (κ2) is 7.03. The number of hydrogen-bond acceptors (Lipinski definition) is 5. The minimum absolute atomic E-state index is 0.0834. The van der Waals surface area contributed by atoms with Gasteiger partial charge >= 0.3 is 11.8 Å². The van der Waals surface area contributed by atoms with Crippen molar-refractivity contribution in [1.29, 1.82) is 0 Å². The van der Waals surface area contributed by atoms with E-state index in [1.54, 1.807) is 30.3 Å².